The molecule has 0 saturated carbocycles. The number of benzene rings is 1. The van der Waals surface area contributed by atoms with Crippen LogP contribution in [0.3, 0.4) is 0 Å². The van der Waals surface area contributed by atoms with E-state index in [4.69, 9.17) is 19.4 Å². The monoisotopic (exact) mass is 381 g/mol. The molecule has 148 valence electrons. The molecule has 7 heteroatoms. The van der Waals surface area contributed by atoms with Gasteiger partial charge in [-0.1, -0.05) is 18.2 Å². The number of hydrogen-bond acceptors (Lipinski definition) is 7. The molecule has 0 unspecified atom stereocenters. The molecule has 1 aromatic heterocycles. The molecule has 2 aromatic rings. The first-order valence-corrected chi connectivity index (χ1v) is 9.81. The van der Waals surface area contributed by atoms with E-state index >= 15 is 0 Å². The average molecular weight is 381 g/mol. The van der Waals surface area contributed by atoms with E-state index < -0.39 is 0 Å². The lowest BCUT2D eigenvalue weighted by Crippen LogP contribution is -2.44. The van der Waals surface area contributed by atoms with Gasteiger partial charge in [0.05, 0.1) is 20.3 Å². The molecule has 2 aliphatic rings. The van der Waals surface area contributed by atoms with Gasteiger partial charge in [0, 0.05) is 45.3 Å². The smallest absolute Gasteiger partial charge is 0.156 e. The Morgan fingerprint density at radius 1 is 0.929 bits per heavy atom. The second-order valence-corrected chi connectivity index (χ2v) is 6.89. The summed E-state index contributed by atoms with van der Waals surface area (Å²) in [5.41, 5.74) is 1.09. The lowest BCUT2D eigenvalue weighted by molar-refractivity contribution is 0.122. The Kier molecular flexibility index (Phi) is 6.04. The molecule has 0 spiro atoms. The summed E-state index contributed by atoms with van der Waals surface area (Å²) in [4.78, 5) is 14.2. The number of rotatable bonds is 5. The Labute approximate surface area is 166 Å². The maximum absolute atomic E-state index is 5.49. The van der Waals surface area contributed by atoms with Crippen LogP contribution in [-0.4, -0.2) is 69.6 Å². The maximum atomic E-state index is 5.49. The van der Waals surface area contributed by atoms with Crippen molar-refractivity contribution < 1.29 is 9.47 Å². The fourth-order valence-corrected chi connectivity index (χ4v) is 3.41. The summed E-state index contributed by atoms with van der Waals surface area (Å²) in [6.07, 6.45) is 4.02. The van der Waals surface area contributed by atoms with Crippen LogP contribution in [0.15, 0.2) is 30.3 Å². The van der Waals surface area contributed by atoms with Gasteiger partial charge in [0.2, 0.25) is 0 Å². The van der Waals surface area contributed by atoms with E-state index in [-0.39, 0.29) is 0 Å². The quantitative estimate of drug-likeness (QED) is 0.849. The highest BCUT2D eigenvalue weighted by Gasteiger charge is 2.18. The summed E-state index contributed by atoms with van der Waals surface area (Å²) in [6, 6.07) is 10.1. The molecule has 7 nitrogen and oxygen atoms in total. The van der Waals surface area contributed by atoms with Crippen molar-refractivity contribution in [1.82, 2.24) is 15.3 Å². The second kappa shape index (κ2) is 9.03. The largest absolute Gasteiger partial charge is 0.497 e. The number of anilines is 2. The normalized spacial score (nSPS) is 17.9. The zero-order valence-electron chi connectivity index (χ0n) is 16.3. The molecule has 0 radical (unpaired) electrons. The summed E-state index contributed by atoms with van der Waals surface area (Å²) in [5.74, 6) is 3.55. The van der Waals surface area contributed by atoms with Gasteiger partial charge in [0.15, 0.2) is 5.82 Å². The number of ether oxygens (including phenoxy) is 2. The van der Waals surface area contributed by atoms with Crippen molar-refractivity contribution in [1.29, 1.82) is 0 Å². The summed E-state index contributed by atoms with van der Waals surface area (Å²) in [6.45, 7) is 7.08. The Bertz CT molecular complexity index is 761. The Hall–Kier alpha value is -2.64. The van der Waals surface area contributed by atoms with E-state index in [2.05, 4.69) is 21.2 Å². The molecule has 28 heavy (non-hydrogen) atoms. The van der Waals surface area contributed by atoms with Crippen LogP contribution in [0.5, 0.6) is 5.75 Å². The van der Waals surface area contributed by atoms with Crippen molar-refractivity contribution in [3.8, 4) is 5.75 Å². The van der Waals surface area contributed by atoms with Crippen molar-refractivity contribution >= 4 is 23.8 Å². The van der Waals surface area contributed by atoms with Crippen LogP contribution in [0, 0.1) is 0 Å². The number of aromatic nitrogens is 2. The number of hydrogen-bond donors (Lipinski definition) is 1. The number of piperazine rings is 1. The Morgan fingerprint density at radius 3 is 2.21 bits per heavy atom. The molecule has 0 bridgehead atoms. The summed E-state index contributed by atoms with van der Waals surface area (Å²) < 4.78 is 10.7. The average Bonchev–Trinajstić information content (AvgIpc) is 2.79. The van der Waals surface area contributed by atoms with Crippen LogP contribution in [0.2, 0.25) is 0 Å². The molecule has 1 aromatic carbocycles. The van der Waals surface area contributed by atoms with E-state index in [1.54, 1.807) is 7.11 Å². The van der Waals surface area contributed by atoms with Crippen LogP contribution >= 0.6 is 0 Å². The molecule has 2 aliphatic heterocycles. The second-order valence-electron chi connectivity index (χ2n) is 6.89. The summed E-state index contributed by atoms with van der Waals surface area (Å²) in [5, 5.41) is 3.40. The van der Waals surface area contributed by atoms with Crippen LogP contribution in [0.1, 0.15) is 11.4 Å². The molecule has 0 aliphatic carbocycles. The standard InChI is InChI=1S/C21H27N5O2/c1-27-18-5-2-17(3-6-18)4-7-19-23-20(25-10-8-22-9-11-25)16-21(24-19)26-12-14-28-15-13-26/h2-7,16,22H,8-15H2,1H3. The van der Waals surface area contributed by atoms with Crippen molar-refractivity contribution in [3.63, 3.8) is 0 Å². The first-order chi connectivity index (χ1) is 13.8. The zero-order chi connectivity index (χ0) is 19.2. The number of nitrogens with one attached hydrogen (secondary N) is 1. The minimum Gasteiger partial charge on any atom is -0.497 e. The number of nitrogens with zero attached hydrogens (tertiary/aromatic N) is 4. The molecule has 1 N–H and O–H groups in total. The van der Waals surface area contributed by atoms with Gasteiger partial charge in [-0.3, -0.25) is 0 Å². The molecular formula is C21H27N5O2. The van der Waals surface area contributed by atoms with Gasteiger partial charge in [0.25, 0.3) is 0 Å². The molecule has 2 fully saturated rings. The lowest BCUT2D eigenvalue weighted by Gasteiger charge is -2.31. The molecule has 0 atom stereocenters. The van der Waals surface area contributed by atoms with E-state index in [0.717, 1.165) is 81.3 Å². The SMILES string of the molecule is COc1ccc(C=Cc2nc(N3CCNCC3)cc(N3CCOCC3)n2)cc1. The van der Waals surface area contributed by atoms with Gasteiger partial charge >= 0.3 is 0 Å². The van der Waals surface area contributed by atoms with Crippen molar-refractivity contribution in [2.24, 2.45) is 0 Å². The predicted octanol–water partition coefficient (Wildman–Crippen LogP) is 1.90. The first-order valence-electron chi connectivity index (χ1n) is 9.81. The third kappa shape index (κ3) is 4.61. The third-order valence-corrected chi connectivity index (χ3v) is 5.03. The highest BCUT2D eigenvalue weighted by molar-refractivity contribution is 5.68. The minimum absolute atomic E-state index is 0.730. The molecule has 3 heterocycles. The van der Waals surface area contributed by atoms with Gasteiger partial charge in [-0.15, -0.1) is 0 Å². The van der Waals surface area contributed by atoms with E-state index in [9.17, 15) is 0 Å². The maximum Gasteiger partial charge on any atom is 0.156 e. The summed E-state index contributed by atoms with van der Waals surface area (Å²) >= 11 is 0. The van der Waals surface area contributed by atoms with Gasteiger partial charge in [0.1, 0.15) is 17.4 Å². The van der Waals surface area contributed by atoms with E-state index in [0.29, 0.717) is 0 Å². The highest BCUT2D eigenvalue weighted by atomic mass is 16.5. The van der Waals surface area contributed by atoms with Gasteiger partial charge in [-0.05, 0) is 23.8 Å². The Balaban J connectivity index is 1.61. The molecular weight excluding hydrogens is 354 g/mol. The number of morpholine rings is 1. The van der Waals surface area contributed by atoms with Gasteiger partial charge in [-0.2, -0.15) is 0 Å². The lowest BCUT2D eigenvalue weighted by atomic mass is 10.2. The first kappa shape index (κ1) is 18.7. The minimum atomic E-state index is 0.730. The van der Waals surface area contributed by atoms with E-state index in [1.165, 1.54) is 0 Å². The van der Waals surface area contributed by atoms with E-state index in [1.807, 2.05) is 36.4 Å². The van der Waals surface area contributed by atoms with Crippen LogP contribution in [0.25, 0.3) is 12.2 Å². The van der Waals surface area contributed by atoms with Crippen LogP contribution in [0.4, 0.5) is 11.6 Å². The fourth-order valence-electron chi connectivity index (χ4n) is 3.41. The third-order valence-electron chi connectivity index (χ3n) is 5.03. The topological polar surface area (TPSA) is 62.8 Å². The summed E-state index contributed by atoms with van der Waals surface area (Å²) in [7, 11) is 1.67. The Morgan fingerprint density at radius 2 is 1.57 bits per heavy atom. The zero-order valence-corrected chi connectivity index (χ0v) is 16.3. The van der Waals surface area contributed by atoms with Gasteiger partial charge < -0.3 is 24.6 Å². The van der Waals surface area contributed by atoms with Crippen LogP contribution < -0.4 is 19.9 Å². The molecule has 4 rings (SSSR count). The molecule has 0 amide bonds. The van der Waals surface area contributed by atoms with Crippen molar-refractivity contribution in [2.75, 3.05) is 69.4 Å². The van der Waals surface area contributed by atoms with Gasteiger partial charge in [-0.25, -0.2) is 9.97 Å². The van der Waals surface area contributed by atoms with Crippen LogP contribution in [-0.2, 0) is 4.74 Å². The predicted molar refractivity (Wildman–Crippen MR) is 112 cm³/mol. The van der Waals surface area contributed by atoms with Crippen molar-refractivity contribution in [3.05, 3.63) is 41.7 Å². The highest BCUT2D eigenvalue weighted by Crippen LogP contribution is 2.22. The number of methoxy groups -OCH3 is 1. The molecule has 2 saturated heterocycles. The van der Waals surface area contributed by atoms with Crippen molar-refractivity contribution in [2.45, 2.75) is 0 Å². The fraction of sp³-hybridized carbons (Fsp3) is 0.429.